The van der Waals surface area contributed by atoms with Gasteiger partial charge in [0.05, 0.1) is 16.7 Å². The molecule has 1 aromatic carbocycles. The number of para-hydroxylation sites is 2. The predicted molar refractivity (Wildman–Crippen MR) is 72.1 cm³/mol. The molecule has 17 heavy (non-hydrogen) atoms. The van der Waals surface area contributed by atoms with Crippen molar-refractivity contribution in [2.45, 2.75) is 32.6 Å². The van der Waals surface area contributed by atoms with E-state index in [0.29, 0.717) is 5.15 Å². The molecule has 0 aliphatic heterocycles. The molecule has 0 unspecified atom stereocenters. The van der Waals surface area contributed by atoms with Gasteiger partial charge in [0.1, 0.15) is 0 Å². The van der Waals surface area contributed by atoms with Crippen LogP contribution in [0.5, 0.6) is 0 Å². The highest BCUT2D eigenvalue weighted by Gasteiger charge is 2.06. The second kappa shape index (κ2) is 5.97. The van der Waals surface area contributed by atoms with Crippen LogP contribution in [0.15, 0.2) is 24.3 Å². The summed E-state index contributed by atoms with van der Waals surface area (Å²) in [5, 5.41) is 0.500. The lowest BCUT2D eigenvalue weighted by Gasteiger charge is -2.04. The largest absolute Gasteiger partial charge is 0.248 e. The third-order valence-corrected chi connectivity index (χ3v) is 2.98. The van der Waals surface area contributed by atoms with E-state index in [4.69, 9.17) is 11.6 Å². The molecule has 3 heteroatoms. The lowest BCUT2D eigenvalue weighted by molar-refractivity contribution is 0.712. The zero-order valence-corrected chi connectivity index (χ0v) is 10.7. The van der Waals surface area contributed by atoms with Crippen molar-refractivity contribution in [3.63, 3.8) is 0 Å². The third-order valence-electron chi connectivity index (χ3n) is 2.70. The number of fused-ring (bicyclic) bond motifs is 1. The molecule has 2 nitrogen and oxygen atoms in total. The van der Waals surface area contributed by atoms with Crippen LogP contribution in [0.2, 0.25) is 5.15 Å². The Morgan fingerprint density at radius 2 is 1.82 bits per heavy atom. The van der Waals surface area contributed by atoms with Gasteiger partial charge in [-0.15, -0.1) is 0 Å². The number of halogens is 1. The zero-order chi connectivity index (χ0) is 12.1. The summed E-state index contributed by atoms with van der Waals surface area (Å²) in [4.78, 5) is 8.87. The van der Waals surface area contributed by atoms with Crippen LogP contribution in [-0.4, -0.2) is 9.97 Å². The van der Waals surface area contributed by atoms with E-state index >= 15 is 0 Å². The van der Waals surface area contributed by atoms with Crippen molar-refractivity contribution in [2.75, 3.05) is 0 Å². The molecular weight excluding hydrogens is 232 g/mol. The average molecular weight is 248 g/mol. The number of benzene rings is 1. The fourth-order valence-corrected chi connectivity index (χ4v) is 1.97. The molecule has 0 aliphatic carbocycles. The zero-order valence-electron chi connectivity index (χ0n) is 9.99. The van der Waals surface area contributed by atoms with E-state index in [2.05, 4.69) is 23.3 Å². The normalized spacial score (nSPS) is 10.9. The quantitative estimate of drug-likeness (QED) is 0.731. The van der Waals surface area contributed by atoms with Gasteiger partial charge in [0.2, 0.25) is 0 Å². The predicted octanol–water partition coefficient (Wildman–Crippen LogP) is 4.42. The molecular formula is C14H16ClN2. The summed E-state index contributed by atoms with van der Waals surface area (Å²) in [7, 11) is 0. The van der Waals surface area contributed by atoms with Crippen molar-refractivity contribution in [3.05, 3.63) is 41.5 Å². The van der Waals surface area contributed by atoms with Gasteiger partial charge in [0.15, 0.2) is 5.15 Å². The molecule has 0 fully saturated rings. The van der Waals surface area contributed by atoms with E-state index in [1.807, 2.05) is 24.3 Å². The molecule has 0 N–H and O–H groups in total. The summed E-state index contributed by atoms with van der Waals surface area (Å²) >= 11 is 6.11. The minimum absolute atomic E-state index is 0.500. The van der Waals surface area contributed by atoms with E-state index in [1.54, 1.807) is 0 Å². The molecule has 0 spiro atoms. The van der Waals surface area contributed by atoms with Gasteiger partial charge in [0, 0.05) is 6.42 Å². The molecule has 89 valence electrons. The van der Waals surface area contributed by atoms with Crippen LogP contribution in [0.4, 0.5) is 0 Å². The first-order valence-electron chi connectivity index (χ1n) is 6.06. The van der Waals surface area contributed by atoms with Gasteiger partial charge >= 0.3 is 0 Å². The van der Waals surface area contributed by atoms with Crippen molar-refractivity contribution in [1.82, 2.24) is 9.97 Å². The van der Waals surface area contributed by atoms with Gasteiger partial charge in [-0.05, 0) is 18.6 Å². The molecule has 1 radical (unpaired) electrons. The van der Waals surface area contributed by atoms with Gasteiger partial charge in [0.25, 0.3) is 0 Å². The van der Waals surface area contributed by atoms with Crippen LogP contribution in [0, 0.1) is 6.42 Å². The molecule has 2 rings (SSSR count). The molecule has 0 amide bonds. The van der Waals surface area contributed by atoms with Crippen molar-refractivity contribution >= 4 is 22.6 Å². The Kier molecular flexibility index (Phi) is 4.32. The SMILES string of the molecule is CCCCC[CH]c1nc2ccccc2nc1Cl. The van der Waals surface area contributed by atoms with Crippen molar-refractivity contribution in [1.29, 1.82) is 0 Å². The number of hydrogen-bond donors (Lipinski definition) is 0. The first kappa shape index (κ1) is 12.3. The van der Waals surface area contributed by atoms with Gasteiger partial charge < -0.3 is 0 Å². The van der Waals surface area contributed by atoms with E-state index in [1.165, 1.54) is 19.3 Å². The second-order valence-corrected chi connectivity index (χ2v) is 4.45. The van der Waals surface area contributed by atoms with E-state index in [9.17, 15) is 0 Å². The lowest BCUT2D eigenvalue weighted by atomic mass is 10.1. The minimum Gasteiger partial charge on any atom is -0.248 e. The number of unbranched alkanes of at least 4 members (excludes halogenated alkanes) is 3. The summed E-state index contributed by atoms with van der Waals surface area (Å²) in [5.74, 6) is 0. The highest BCUT2D eigenvalue weighted by atomic mass is 35.5. The molecule has 0 saturated heterocycles. The van der Waals surface area contributed by atoms with Crippen LogP contribution in [0.1, 0.15) is 38.3 Å². The first-order chi connectivity index (χ1) is 8.31. The number of nitrogens with zero attached hydrogens (tertiary/aromatic N) is 2. The van der Waals surface area contributed by atoms with Gasteiger partial charge in [-0.3, -0.25) is 0 Å². The molecule has 0 saturated carbocycles. The van der Waals surface area contributed by atoms with Gasteiger partial charge in [-0.1, -0.05) is 49.9 Å². The maximum Gasteiger partial charge on any atom is 0.151 e. The van der Waals surface area contributed by atoms with Crippen LogP contribution in [0.3, 0.4) is 0 Å². The molecule has 1 aromatic heterocycles. The Balaban J connectivity index is 2.14. The number of hydrogen-bond acceptors (Lipinski definition) is 2. The Labute approximate surface area is 107 Å². The Morgan fingerprint density at radius 1 is 1.12 bits per heavy atom. The summed E-state index contributed by atoms with van der Waals surface area (Å²) in [6, 6.07) is 7.79. The second-order valence-electron chi connectivity index (χ2n) is 4.09. The van der Waals surface area contributed by atoms with Crippen LogP contribution >= 0.6 is 11.6 Å². The maximum absolute atomic E-state index is 6.11. The fourth-order valence-electron chi connectivity index (χ4n) is 1.76. The van der Waals surface area contributed by atoms with Crippen molar-refractivity contribution < 1.29 is 0 Å². The Morgan fingerprint density at radius 3 is 2.53 bits per heavy atom. The summed E-state index contributed by atoms with van der Waals surface area (Å²) < 4.78 is 0. The number of rotatable bonds is 5. The minimum atomic E-state index is 0.500. The van der Waals surface area contributed by atoms with Crippen LogP contribution < -0.4 is 0 Å². The molecule has 0 aliphatic rings. The average Bonchev–Trinajstić information content (AvgIpc) is 2.35. The van der Waals surface area contributed by atoms with Gasteiger partial charge in [-0.25, -0.2) is 9.97 Å². The molecule has 2 aromatic rings. The summed E-state index contributed by atoms with van der Waals surface area (Å²) in [6.45, 7) is 2.20. The highest BCUT2D eigenvalue weighted by Crippen LogP contribution is 2.19. The highest BCUT2D eigenvalue weighted by molar-refractivity contribution is 6.30. The molecule has 0 bridgehead atoms. The van der Waals surface area contributed by atoms with Crippen LogP contribution in [-0.2, 0) is 0 Å². The maximum atomic E-state index is 6.11. The Hall–Kier alpha value is -1.15. The summed E-state index contributed by atoms with van der Waals surface area (Å²) in [5.41, 5.74) is 2.56. The van der Waals surface area contributed by atoms with E-state index in [0.717, 1.165) is 23.1 Å². The molecule has 1 heterocycles. The lowest BCUT2D eigenvalue weighted by Crippen LogP contribution is -1.94. The monoisotopic (exact) mass is 247 g/mol. The smallest absolute Gasteiger partial charge is 0.151 e. The van der Waals surface area contributed by atoms with Crippen LogP contribution in [0.25, 0.3) is 11.0 Å². The Bertz CT molecular complexity index is 497. The summed E-state index contributed by atoms with van der Waals surface area (Å²) in [6.07, 6.45) is 6.75. The molecule has 0 atom stereocenters. The standard InChI is InChI=1S/C14H16ClN2/c1-2-3-4-5-10-13-14(15)17-12-9-7-6-8-11(12)16-13/h6-10H,2-5H2,1H3. The first-order valence-corrected chi connectivity index (χ1v) is 6.44. The topological polar surface area (TPSA) is 25.8 Å². The van der Waals surface area contributed by atoms with Crippen molar-refractivity contribution in [3.8, 4) is 0 Å². The third kappa shape index (κ3) is 3.16. The van der Waals surface area contributed by atoms with E-state index < -0.39 is 0 Å². The van der Waals surface area contributed by atoms with E-state index in [-0.39, 0.29) is 0 Å². The van der Waals surface area contributed by atoms with Gasteiger partial charge in [-0.2, -0.15) is 0 Å². The number of aromatic nitrogens is 2. The van der Waals surface area contributed by atoms with Crippen molar-refractivity contribution in [2.24, 2.45) is 0 Å². The fraction of sp³-hybridized carbons (Fsp3) is 0.357.